The first-order valence-electron chi connectivity index (χ1n) is 10.4. The highest BCUT2D eigenvalue weighted by atomic mass is 32.1. The molecule has 2 heterocycles. The van der Waals surface area contributed by atoms with E-state index < -0.39 is 12.0 Å². The van der Waals surface area contributed by atoms with E-state index in [1.54, 1.807) is 50.8 Å². The highest BCUT2D eigenvalue weighted by Gasteiger charge is 2.33. The van der Waals surface area contributed by atoms with Gasteiger partial charge in [0.1, 0.15) is 11.5 Å². The van der Waals surface area contributed by atoms with Crippen molar-refractivity contribution in [3.63, 3.8) is 0 Å². The molecule has 8 heteroatoms. The number of carbonyl (C=O) groups is 1. The molecule has 1 atom stereocenters. The first-order chi connectivity index (χ1) is 16.0. The van der Waals surface area contributed by atoms with Gasteiger partial charge in [-0.05, 0) is 55.3 Å². The van der Waals surface area contributed by atoms with E-state index in [2.05, 4.69) is 4.99 Å². The van der Waals surface area contributed by atoms with E-state index in [9.17, 15) is 9.59 Å². The lowest BCUT2D eigenvalue weighted by molar-refractivity contribution is -0.139. The Morgan fingerprint density at radius 1 is 1.12 bits per heavy atom. The molecule has 1 aromatic heterocycles. The summed E-state index contributed by atoms with van der Waals surface area (Å²) in [5, 5.41) is 0. The SMILES string of the molecule is CCOC(=O)C1=C(C)N=c2s/c(=C\c3cccc(OC)c3)c(=O)n2[C@H]1c1ccc(OC)cc1. The van der Waals surface area contributed by atoms with Gasteiger partial charge in [-0.3, -0.25) is 9.36 Å². The molecule has 170 valence electrons. The number of allylic oxidation sites excluding steroid dienone is 1. The zero-order valence-corrected chi connectivity index (χ0v) is 19.6. The van der Waals surface area contributed by atoms with Gasteiger partial charge in [-0.2, -0.15) is 0 Å². The Morgan fingerprint density at radius 2 is 1.85 bits per heavy atom. The van der Waals surface area contributed by atoms with E-state index in [0.29, 0.717) is 32.1 Å². The fourth-order valence-electron chi connectivity index (χ4n) is 3.78. The Kier molecular flexibility index (Phi) is 6.46. The highest BCUT2D eigenvalue weighted by molar-refractivity contribution is 7.07. The largest absolute Gasteiger partial charge is 0.497 e. The second-order valence-corrected chi connectivity index (χ2v) is 8.36. The molecule has 1 aliphatic rings. The summed E-state index contributed by atoms with van der Waals surface area (Å²) in [6.45, 7) is 3.74. The second kappa shape index (κ2) is 9.46. The number of hydrogen-bond acceptors (Lipinski definition) is 7. The molecule has 33 heavy (non-hydrogen) atoms. The van der Waals surface area contributed by atoms with Crippen LogP contribution in [0.25, 0.3) is 6.08 Å². The van der Waals surface area contributed by atoms with E-state index in [1.165, 1.54) is 11.3 Å². The summed E-state index contributed by atoms with van der Waals surface area (Å²) in [5.41, 5.74) is 2.26. The Bertz CT molecular complexity index is 1400. The van der Waals surface area contributed by atoms with E-state index in [1.807, 2.05) is 36.4 Å². The molecule has 0 spiro atoms. The predicted octanol–water partition coefficient (Wildman–Crippen LogP) is 2.82. The van der Waals surface area contributed by atoms with Crippen LogP contribution in [-0.2, 0) is 9.53 Å². The van der Waals surface area contributed by atoms with Crippen molar-refractivity contribution in [1.29, 1.82) is 0 Å². The van der Waals surface area contributed by atoms with Crippen molar-refractivity contribution >= 4 is 23.4 Å². The number of aromatic nitrogens is 1. The fourth-order valence-corrected chi connectivity index (χ4v) is 4.82. The van der Waals surface area contributed by atoms with Crippen molar-refractivity contribution in [2.45, 2.75) is 19.9 Å². The third-order valence-electron chi connectivity index (χ3n) is 5.34. The summed E-state index contributed by atoms with van der Waals surface area (Å²) < 4.78 is 18.0. The Balaban J connectivity index is 1.93. The van der Waals surface area contributed by atoms with E-state index in [-0.39, 0.29) is 12.2 Å². The average molecular weight is 465 g/mol. The quantitative estimate of drug-likeness (QED) is 0.524. The minimum Gasteiger partial charge on any atom is -0.497 e. The monoisotopic (exact) mass is 464 g/mol. The Morgan fingerprint density at radius 3 is 2.52 bits per heavy atom. The number of benzene rings is 2. The topological polar surface area (TPSA) is 79.1 Å². The van der Waals surface area contributed by atoms with E-state index in [4.69, 9.17) is 14.2 Å². The van der Waals surface area contributed by atoms with Gasteiger partial charge in [0.15, 0.2) is 4.80 Å². The van der Waals surface area contributed by atoms with Crippen molar-refractivity contribution in [3.8, 4) is 11.5 Å². The van der Waals surface area contributed by atoms with Crippen molar-refractivity contribution in [1.82, 2.24) is 4.57 Å². The molecule has 0 N–H and O–H groups in total. The maximum absolute atomic E-state index is 13.6. The molecular weight excluding hydrogens is 440 g/mol. The maximum atomic E-state index is 13.6. The summed E-state index contributed by atoms with van der Waals surface area (Å²) in [6, 6.07) is 14.1. The molecule has 2 aromatic carbocycles. The van der Waals surface area contributed by atoms with E-state index >= 15 is 0 Å². The number of fused-ring (bicyclic) bond motifs is 1. The Hall–Kier alpha value is -3.65. The van der Waals surface area contributed by atoms with Gasteiger partial charge >= 0.3 is 5.97 Å². The third-order valence-corrected chi connectivity index (χ3v) is 6.32. The first-order valence-corrected chi connectivity index (χ1v) is 11.3. The fraction of sp³-hybridized carbons (Fsp3) is 0.240. The summed E-state index contributed by atoms with van der Waals surface area (Å²) in [7, 11) is 3.19. The number of thiazole rings is 1. The normalized spacial score (nSPS) is 15.6. The van der Waals surface area contributed by atoms with Crippen LogP contribution in [0.3, 0.4) is 0 Å². The number of esters is 1. The van der Waals surface area contributed by atoms with Crippen LogP contribution < -0.4 is 24.4 Å². The summed E-state index contributed by atoms with van der Waals surface area (Å²) in [5.74, 6) is 0.900. The first kappa shape index (κ1) is 22.5. The van der Waals surface area contributed by atoms with Crippen molar-refractivity contribution in [3.05, 3.63) is 90.6 Å². The van der Waals surface area contributed by atoms with Gasteiger partial charge in [-0.25, -0.2) is 9.79 Å². The van der Waals surface area contributed by atoms with Gasteiger partial charge in [-0.15, -0.1) is 0 Å². The van der Waals surface area contributed by atoms with Crippen LogP contribution >= 0.6 is 11.3 Å². The number of rotatable bonds is 6. The number of hydrogen-bond donors (Lipinski definition) is 0. The van der Waals surface area contributed by atoms with Crippen LogP contribution in [-0.4, -0.2) is 31.4 Å². The number of carbonyl (C=O) groups excluding carboxylic acids is 1. The molecule has 4 rings (SSSR count). The molecule has 0 saturated carbocycles. The molecule has 7 nitrogen and oxygen atoms in total. The molecule has 0 bridgehead atoms. The summed E-state index contributed by atoms with van der Waals surface area (Å²) in [4.78, 5) is 31.6. The minimum absolute atomic E-state index is 0.225. The molecule has 0 unspecified atom stereocenters. The molecule has 1 aliphatic heterocycles. The predicted molar refractivity (Wildman–Crippen MR) is 126 cm³/mol. The second-order valence-electron chi connectivity index (χ2n) is 7.35. The van der Waals surface area contributed by atoms with Crippen LogP contribution in [0.5, 0.6) is 11.5 Å². The molecule has 0 fully saturated rings. The molecule has 0 aliphatic carbocycles. The molecule has 0 saturated heterocycles. The Labute approximate surface area is 194 Å². The molecule has 3 aromatic rings. The standard InChI is InChI=1S/C25H24N2O5S/c1-5-32-24(29)21-15(2)26-25-27(22(21)17-9-11-18(30-3)12-10-17)23(28)20(33-25)14-16-7-6-8-19(13-16)31-4/h6-14,22H,5H2,1-4H3/b20-14-/t22-/m0/s1. The lowest BCUT2D eigenvalue weighted by atomic mass is 9.96. The van der Waals surface area contributed by atoms with Gasteiger partial charge in [0, 0.05) is 0 Å². The van der Waals surface area contributed by atoms with Gasteiger partial charge in [0.25, 0.3) is 5.56 Å². The van der Waals surface area contributed by atoms with Gasteiger partial charge in [-0.1, -0.05) is 35.6 Å². The zero-order valence-electron chi connectivity index (χ0n) is 18.8. The van der Waals surface area contributed by atoms with Crippen LogP contribution in [0.4, 0.5) is 0 Å². The lowest BCUT2D eigenvalue weighted by Gasteiger charge is -2.24. The highest BCUT2D eigenvalue weighted by Crippen LogP contribution is 2.31. The van der Waals surface area contributed by atoms with Crippen molar-refractivity contribution < 1.29 is 19.0 Å². The van der Waals surface area contributed by atoms with Crippen molar-refractivity contribution in [2.24, 2.45) is 4.99 Å². The van der Waals surface area contributed by atoms with Gasteiger partial charge in [0.05, 0.1) is 42.7 Å². The smallest absolute Gasteiger partial charge is 0.338 e. The minimum atomic E-state index is -0.654. The van der Waals surface area contributed by atoms with Crippen LogP contribution in [0.15, 0.2) is 69.6 Å². The van der Waals surface area contributed by atoms with Crippen molar-refractivity contribution in [2.75, 3.05) is 20.8 Å². The average Bonchev–Trinajstić information content (AvgIpc) is 3.12. The maximum Gasteiger partial charge on any atom is 0.338 e. The number of methoxy groups -OCH3 is 2. The van der Waals surface area contributed by atoms with Crippen LogP contribution in [0, 0.1) is 0 Å². The summed E-state index contributed by atoms with van der Waals surface area (Å²) >= 11 is 1.28. The lowest BCUT2D eigenvalue weighted by Crippen LogP contribution is -2.39. The zero-order chi connectivity index (χ0) is 23.5. The van der Waals surface area contributed by atoms with Gasteiger partial charge in [0.2, 0.25) is 0 Å². The summed E-state index contributed by atoms with van der Waals surface area (Å²) in [6.07, 6.45) is 1.81. The van der Waals surface area contributed by atoms with Crippen LogP contribution in [0.2, 0.25) is 0 Å². The number of ether oxygens (including phenoxy) is 3. The number of nitrogens with zero attached hydrogens (tertiary/aromatic N) is 2. The molecule has 0 radical (unpaired) electrons. The third kappa shape index (κ3) is 4.34. The molecule has 0 amide bonds. The van der Waals surface area contributed by atoms with Gasteiger partial charge < -0.3 is 14.2 Å². The van der Waals surface area contributed by atoms with E-state index in [0.717, 1.165) is 11.1 Å². The molecular formula is C25H24N2O5S. The van der Waals surface area contributed by atoms with Crippen LogP contribution in [0.1, 0.15) is 31.0 Å².